The van der Waals surface area contributed by atoms with E-state index in [1.807, 2.05) is 0 Å². The van der Waals surface area contributed by atoms with Gasteiger partial charge in [0.1, 0.15) is 0 Å². The summed E-state index contributed by atoms with van der Waals surface area (Å²) in [6.07, 6.45) is -1.39. The first-order valence-electron chi connectivity index (χ1n) is 6.09. The molecule has 6 heteroatoms. The highest BCUT2D eigenvalue weighted by atomic mass is 16.8. The third-order valence-electron chi connectivity index (χ3n) is 3.34. The van der Waals surface area contributed by atoms with Gasteiger partial charge >= 0.3 is 0 Å². The van der Waals surface area contributed by atoms with Crippen LogP contribution in [0.4, 0.5) is 0 Å². The fraction of sp³-hybridized carbons (Fsp3) is 0.917. The first-order valence-corrected chi connectivity index (χ1v) is 6.09. The van der Waals surface area contributed by atoms with E-state index in [-0.39, 0.29) is 19.0 Å². The number of rotatable bonds is 0. The molecule has 0 aliphatic carbocycles. The number of ketones is 1. The SMILES string of the molecule is CC1(C)OC2OCC3(COC(C)(C)O3)C(=O)C2O1. The molecule has 3 saturated heterocycles. The zero-order chi connectivity index (χ0) is 13.2. The third-order valence-corrected chi connectivity index (χ3v) is 3.34. The van der Waals surface area contributed by atoms with Gasteiger partial charge in [0.2, 0.25) is 5.78 Å². The average Bonchev–Trinajstić information content (AvgIpc) is 2.71. The fourth-order valence-electron chi connectivity index (χ4n) is 2.59. The molecule has 3 heterocycles. The second-order valence-corrected chi connectivity index (χ2v) is 5.88. The summed E-state index contributed by atoms with van der Waals surface area (Å²) in [5.74, 6) is -1.75. The van der Waals surface area contributed by atoms with Gasteiger partial charge in [-0.3, -0.25) is 4.79 Å². The zero-order valence-electron chi connectivity index (χ0n) is 11.0. The molecule has 3 aliphatic heterocycles. The quantitative estimate of drug-likeness (QED) is 0.633. The summed E-state index contributed by atoms with van der Waals surface area (Å²) in [5, 5.41) is 0. The van der Waals surface area contributed by atoms with E-state index in [4.69, 9.17) is 23.7 Å². The molecule has 0 radical (unpaired) electrons. The minimum Gasteiger partial charge on any atom is -0.347 e. The van der Waals surface area contributed by atoms with Crippen molar-refractivity contribution in [2.24, 2.45) is 0 Å². The van der Waals surface area contributed by atoms with Crippen molar-refractivity contribution in [1.29, 1.82) is 0 Å². The molecule has 0 amide bonds. The van der Waals surface area contributed by atoms with Crippen molar-refractivity contribution in [2.45, 2.75) is 57.3 Å². The minimum absolute atomic E-state index is 0.135. The highest BCUT2D eigenvalue weighted by molar-refractivity contribution is 5.93. The van der Waals surface area contributed by atoms with Crippen LogP contribution in [-0.4, -0.2) is 48.6 Å². The van der Waals surface area contributed by atoms with Crippen LogP contribution < -0.4 is 0 Å². The highest BCUT2D eigenvalue weighted by Crippen LogP contribution is 2.41. The van der Waals surface area contributed by atoms with Gasteiger partial charge in [-0.05, 0) is 27.7 Å². The fourth-order valence-corrected chi connectivity index (χ4v) is 2.59. The van der Waals surface area contributed by atoms with Gasteiger partial charge in [0.15, 0.2) is 29.6 Å². The van der Waals surface area contributed by atoms with Crippen LogP contribution in [0, 0.1) is 0 Å². The van der Waals surface area contributed by atoms with Crippen molar-refractivity contribution in [1.82, 2.24) is 0 Å². The lowest BCUT2D eigenvalue weighted by molar-refractivity contribution is -0.229. The number of hydrogen-bond donors (Lipinski definition) is 0. The van der Waals surface area contributed by atoms with E-state index in [0.717, 1.165) is 0 Å². The predicted molar refractivity (Wildman–Crippen MR) is 58.6 cm³/mol. The minimum atomic E-state index is -1.06. The van der Waals surface area contributed by atoms with Crippen LogP contribution in [0.1, 0.15) is 27.7 Å². The number of carbonyl (C=O) groups is 1. The Kier molecular flexibility index (Phi) is 2.44. The average molecular weight is 258 g/mol. The van der Waals surface area contributed by atoms with Gasteiger partial charge in [0.25, 0.3) is 0 Å². The van der Waals surface area contributed by atoms with E-state index in [9.17, 15) is 4.79 Å². The maximum atomic E-state index is 12.5. The van der Waals surface area contributed by atoms with E-state index in [0.29, 0.717) is 0 Å². The first kappa shape index (κ1) is 12.5. The summed E-state index contributed by atoms with van der Waals surface area (Å²) in [7, 11) is 0. The lowest BCUT2D eigenvalue weighted by atomic mass is 9.93. The second kappa shape index (κ2) is 3.52. The third kappa shape index (κ3) is 1.80. The largest absolute Gasteiger partial charge is 0.347 e. The molecule has 0 N–H and O–H groups in total. The van der Waals surface area contributed by atoms with Gasteiger partial charge in [-0.15, -0.1) is 0 Å². The van der Waals surface area contributed by atoms with Crippen LogP contribution in [0.5, 0.6) is 0 Å². The number of Topliss-reactive ketones (excluding diaryl/α,β-unsaturated/α-hetero) is 1. The topological polar surface area (TPSA) is 63.2 Å². The van der Waals surface area contributed by atoms with E-state index in [1.165, 1.54) is 0 Å². The standard InChI is InChI=1S/C12H18O6/c1-10(2)15-6-12(18-10)5-14-9-7(8(12)13)16-11(3,4)17-9/h7,9H,5-6H2,1-4H3. The van der Waals surface area contributed by atoms with Crippen molar-refractivity contribution in [3.63, 3.8) is 0 Å². The molecule has 6 nitrogen and oxygen atoms in total. The van der Waals surface area contributed by atoms with Crippen LogP contribution in [0.25, 0.3) is 0 Å². The van der Waals surface area contributed by atoms with E-state index in [1.54, 1.807) is 27.7 Å². The smallest absolute Gasteiger partial charge is 0.203 e. The van der Waals surface area contributed by atoms with Crippen LogP contribution >= 0.6 is 0 Å². The number of ether oxygens (including phenoxy) is 5. The summed E-state index contributed by atoms with van der Waals surface area (Å²) in [6.45, 7) is 7.38. The molecule has 0 saturated carbocycles. The zero-order valence-corrected chi connectivity index (χ0v) is 11.0. The van der Waals surface area contributed by atoms with Crippen LogP contribution in [0.15, 0.2) is 0 Å². The van der Waals surface area contributed by atoms with Crippen LogP contribution in [-0.2, 0) is 28.5 Å². The molecule has 3 unspecified atom stereocenters. The van der Waals surface area contributed by atoms with Crippen molar-refractivity contribution in [3.05, 3.63) is 0 Å². The Hall–Kier alpha value is -0.530. The Bertz CT molecular complexity index is 388. The maximum absolute atomic E-state index is 12.5. The molecular formula is C12H18O6. The summed E-state index contributed by atoms with van der Waals surface area (Å²) in [4.78, 5) is 12.5. The normalized spacial score (nSPS) is 45.4. The molecule has 3 atom stereocenters. The molecule has 0 aromatic heterocycles. The molecule has 3 fully saturated rings. The first-order chi connectivity index (χ1) is 8.23. The van der Waals surface area contributed by atoms with Gasteiger partial charge in [-0.1, -0.05) is 0 Å². The van der Waals surface area contributed by atoms with Gasteiger partial charge in [0.05, 0.1) is 13.2 Å². The van der Waals surface area contributed by atoms with Crippen molar-refractivity contribution in [3.8, 4) is 0 Å². The van der Waals surface area contributed by atoms with E-state index < -0.39 is 29.6 Å². The Labute approximate surface area is 105 Å². The van der Waals surface area contributed by atoms with E-state index >= 15 is 0 Å². The van der Waals surface area contributed by atoms with E-state index in [2.05, 4.69) is 0 Å². The summed E-state index contributed by atoms with van der Waals surface area (Å²) < 4.78 is 27.9. The number of hydrogen-bond acceptors (Lipinski definition) is 6. The van der Waals surface area contributed by atoms with Gasteiger partial charge in [0, 0.05) is 0 Å². The monoisotopic (exact) mass is 258 g/mol. The Morgan fingerprint density at radius 1 is 1.06 bits per heavy atom. The van der Waals surface area contributed by atoms with Gasteiger partial charge in [-0.2, -0.15) is 0 Å². The number of fused-ring (bicyclic) bond motifs is 1. The molecule has 18 heavy (non-hydrogen) atoms. The molecule has 0 bridgehead atoms. The Morgan fingerprint density at radius 3 is 2.39 bits per heavy atom. The van der Waals surface area contributed by atoms with Gasteiger partial charge < -0.3 is 23.7 Å². The summed E-state index contributed by atoms with van der Waals surface area (Å²) in [5.41, 5.74) is -1.06. The summed E-state index contributed by atoms with van der Waals surface area (Å²) >= 11 is 0. The molecule has 3 aliphatic rings. The Balaban J connectivity index is 1.84. The molecule has 0 aromatic carbocycles. The highest BCUT2D eigenvalue weighted by Gasteiger charge is 2.61. The lowest BCUT2D eigenvalue weighted by Gasteiger charge is -2.35. The maximum Gasteiger partial charge on any atom is 0.203 e. The van der Waals surface area contributed by atoms with Gasteiger partial charge in [-0.25, -0.2) is 0 Å². The van der Waals surface area contributed by atoms with Crippen molar-refractivity contribution >= 4 is 5.78 Å². The molecule has 1 spiro atoms. The van der Waals surface area contributed by atoms with Crippen molar-refractivity contribution in [2.75, 3.05) is 13.2 Å². The lowest BCUT2D eigenvalue weighted by Crippen LogP contribution is -2.59. The molecular weight excluding hydrogens is 240 g/mol. The predicted octanol–water partition coefficient (Wildman–Crippen LogP) is 0.585. The Morgan fingerprint density at radius 2 is 1.78 bits per heavy atom. The second-order valence-electron chi connectivity index (χ2n) is 5.88. The summed E-state index contributed by atoms with van der Waals surface area (Å²) in [6, 6.07) is 0. The van der Waals surface area contributed by atoms with Crippen LogP contribution in [0.2, 0.25) is 0 Å². The van der Waals surface area contributed by atoms with Crippen LogP contribution in [0.3, 0.4) is 0 Å². The number of carbonyl (C=O) groups excluding carboxylic acids is 1. The van der Waals surface area contributed by atoms with Crippen molar-refractivity contribution < 1.29 is 28.5 Å². The molecule has 102 valence electrons. The molecule has 3 rings (SSSR count). The molecule has 0 aromatic rings.